The first kappa shape index (κ1) is 16.2. The number of benzene rings is 1. The van der Waals surface area contributed by atoms with Crippen LogP contribution >= 0.6 is 0 Å². The Morgan fingerprint density at radius 3 is 2.68 bits per heavy atom. The largest absolute Gasteiger partial charge is 0.380 e. The average Bonchev–Trinajstić information content (AvgIpc) is 2.42. The number of rotatable bonds is 10. The van der Waals surface area contributed by atoms with Gasteiger partial charge in [-0.25, -0.2) is 0 Å². The minimum atomic E-state index is 0.444. The molecule has 0 aliphatic rings. The van der Waals surface area contributed by atoms with Gasteiger partial charge in [-0.2, -0.15) is 0 Å². The molecule has 3 heteroatoms. The van der Waals surface area contributed by atoms with Crippen LogP contribution in [-0.2, 0) is 11.3 Å². The molecular formula is C16H28N2O. The van der Waals surface area contributed by atoms with Gasteiger partial charge >= 0.3 is 0 Å². The molecule has 0 aliphatic heterocycles. The predicted octanol–water partition coefficient (Wildman–Crippen LogP) is 2.52. The molecule has 0 amide bonds. The van der Waals surface area contributed by atoms with E-state index in [1.165, 1.54) is 12.0 Å². The maximum absolute atomic E-state index is 5.38. The topological polar surface area (TPSA) is 24.5 Å². The molecule has 3 nitrogen and oxygen atoms in total. The second kappa shape index (κ2) is 9.96. The van der Waals surface area contributed by atoms with Crippen LogP contribution in [0.4, 0.5) is 0 Å². The molecule has 108 valence electrons. The second-order valence-electron chi connectivity index (χ2n) is 5.09. The molecule has 0 bridgehead atoms. The third-order valence-corrected chi connectivity index (χ3v) is 3.08. The van der Waals surface area contributed by atoms with Crippen LogP contribution in [0.5, 0.6) is 0 Å². The van der Waals surface area contributed by atoms with Gasteiger partial charge in [-0.3, -0.25) is 0 Å². The number of hydrogen-bond donors (Lipinski definition) is 1. The van der Waals surface area contributed by atoms with E-state index in [2.05, 4.69) is 54.5 Å². The van der Waals surface area contributed by atoms with E-state index in [1.807, 2.05) is 6.92 Å². The highest BCUT2D eigenvalue weighted by molar-refractivity contribution is 5.14. The van der Waals surface area contributed by atoms with Gasteiger partial charge in [0.25, 0.3) is 0 Å². The fraction of sp³-hybridized carbons (Fsp3) is 0.625. The van der Waals surface area contributed by atoms with Crippen molar-refractivity contribution in [1.29, 1.82) is 0 Å². The molecule has 1 N–H and O–H groups in total. The molecule has 1 aromatic rings. The quantitative estimate of drug-likeness (QED) is 0.657. The Morgan fingerprint density at radius 2 is 2.00 bits per heavy atom. The Hall–Kier alpha value is -0.900. The van der Waals surface area contributed by atoms with Crippen molar-refractivity contribution < 1.29 is 4.74 Å². The highest BCUT2D eigenvalue weighted by Crippen LogP contribution is 2.02. The van der Waals surface area contributed by atoms with Gasteiger partial charge < -0.3 is 15.0 Å². The summed E-state index contributed by atoms with van der Waals surface area (Å²) in [6.07, 6.45) is 1.17. The molecule has 19 heavy (non-hydrogen) atoms. The van der Waals surface area contributed by atoms with Crippen LogP contribution in [0.1, 0.15) is 25.8 Å². The molecule has 0 aliphatic carbocycles. The summed E-state index contributed by atoms with van der Waals surface area (Å²) in [5, 5.41) is 3.48. The molecule has 1 unspecified atom stereocenters. The van der Waals surface area contributed by atoms with Crippen molar-refractivity contribution in [2.24, 2.45) is 0 Å². The van der Waals surface area contributed by atoms with Crippen LogP contribution in [0.2, 0.25) is 0 Å². The Balaban J connectivity index is 2.06. The third-order valence-electron chi connectivity index (χ3n) is 3.08. The second-order valence-corrected chi connectivity index (χ2v) is 5.09. The Kier molecular flexibility index (Phi) is 8.47. The van der Waals surface area contributed by atoms with E-state index >= 15 is 0 Å². The van der Waals surface area contributed by atoms with Crippen molar-refractivity contribution in [1.82, 2.24) is 10.2 Å². The maximum atomic E-state index is 5.38. The summed E-state index contributed by atoms with van der Waals surface area (Å²) < 4.78 is 5.38. The summed E-state index contributed by atoms with van der Waals surface area (Å²) in [5.74, 6) is 0. The lowest BCUT2D eigenvalue weighted by Crippen LogP contribution is -2.33. The van der Waals surface area contributed by atoms with Gasteiger partial charge in [-0.15, -0.1) is 0 Å². The van der Waals surface area contributed by atoms with Gasteiger partial charge in [0, 0.05) is 19.2 Å². The highest BCUT2D eigenvalue weighted by atomic mass is 16.5. The van der Waals surface area contributed by atoms with Gasteiger partial charge in [-0.1, -0.05) is 30.3 Å². The fourth-order valence-corrected chi connectivity index (χ4v) is 2.03. The summed E-state index contributed by atoms with van der Waals surface area (Å²) >= 11 is 0. The third kappa shape index (κ3) is 7.98. The summed E-state index contributed by atoms with van der Waals surface area (Å²) in [6.45, 7) is 8.99. The first-order chi connectivity index (χ1) is 9.22. The van der Waals surface area contributed by atoms with Crippen molar-refractivity contribution in [2.75, 3.05) is 33.4 Å². The Morgan fingerprint density at radius 1 is 1.26 bits per heavy atom. The molecule has 1 aromatic carbocycles. The average molecular weight is 264 g/mol. The van der Waals surface area contributed by atoms with Crippen molar-refractivity contribution >= 4 is 0 Å². The van der Waals surface area contributed by atoms with Gasteiger partial charge in [0.05, 0.1) is 6.61 Å². The summed E-state index contributed by atoms with van der Waals surface area (Å²) in [6, 6.07) is 11.1. The Bertz CT molecular complexity index is 316. The standard InChI is InChI=1S/C16H28N2O/c1-4-19-14-15(2)17-11-8-12-18(3)13-16-9-6-5-7-10-16/h5-7,9-10,15,17H,4,8,11-14H2,1-3H3. The van der Waals surface area contributed by atoms with Gasteiger partial charge in [0.15, 0.2) is 0 Å². The van der Waals surface area contributed by atoms with Crippen LogP contribution in [0.3, 0.4) is 0 Å². The number of hydrogen-bond acceptors (Lipinski definition) is 3. The van der Waals surface area contributed by atoms with Crippen molar-refractivity contribution in [3.05, 3.63) is 35.9 Å². The molecule has 0 saturated heterocycles. The van der Waals surface area contributed by atoms with E-state index < -0.39 is 0 Å². The lowest BCUT2D eigenvalue weighted by Gasteiger charge is -2.18. The fourth-order valence-electron chi connectivity index (χ4n) is 2.03. The monoisotopic (exact) mass is 264 g/mol. The SMILES string of the molecule is CCOCC(C)NCCCN(C)Cc1ccccc1. The van der Waals surface area contributed by atoms with Crippen LogP contribution < -0.4 is 5.32 Å². The molecular weight excluding hydrogens is 236 g/mol. The predicted molar refractivity (Wildman–Crippen MR) is 81.4 cm³/mol. The van der Waals surface area contributed by atoms with Gasteiger partial charge in [-0.05, 0) is 46.0 Å². The van der Waals surface area contributed by atoms with Gasteiger partial charge in [0.2, 0.25) is 0 Å². The maximum Gasteiger partial charge on any atom is 0.0616 e. The summed E-state index contributed by atoms with van der Waals surface area (Å²) in [5.41, 5.74) is 1.38. The lowest BCUT2D eigenvalue weighted by atomic mass is 10.2. The molecule has 0 radical (unpaired) electrons. The van der Waals surface area contributed by atoms with Crippen LogP contribution in [0.25, 0.3) is 0 Å². The van der Waals surface area contributed by atoms with E-state index in [1.54, 1.807) is 0 Å². The Labute approximate surface area is 118 Å². The van der Waals surface area contributed by atoms with E-state index in [0.29, 0.717) is 6.04 Å². The normalized spacial score (nSPS) is 12.8. The van der Waals surface area contributed by atoms with Crippen LogP contribution in [0, 0.1) is 0 Å². The molecule has 0 spiro atoms. The zero-order valence-corrected chi connectivity index (χ0v) is 12.6. The number of ether oxygens (including phenoxy) is 1. The summed E-state index contributed by atoms with van der Waals surface area (Å²) in [7, 11) is 2.18. The van der Waals surface area contributed by atoms with E-state index in [4.69, 9.17) is 4.74 Å². The first-order valence-corrected chi connectivity index (χ1v) is 7.26. The molecule has 0 heterocycles. The minimum Gasteiger partial charge on any atom is -0.380 e. The first-order valence-electron chi connectivity index (χ1n) is 7.26. The zero-order valence-electron chi connectivity index (χ0n) is 12.6. The van der Waals surface area contributed by atoms with Crippen LogP contribution in [-0.4, -0.2) is 44.3 Å². The lowest BCUT2D eigenvalue weighted by molar-refractivity contribution is 0.127. The molecule has 1 atom stereocenters. The molecule has 1 rings (SSSR count). The van der Waals surface area contributed by atoms with E-state index in [9.17, 15) is 0 Å². The highest BCUT2D eigenvalue weighted by Gasteiger charge is 2.02. The smallest absolute Gasteiger partial charge is 0.0616 e. The number of nitrogens with one attached hydrogen (secondary N) is 1. The molecule has 0 saturated carbocycles. The summed E-state index contributed by atoms with van der Waals surface area (Å²) in [4.78, 5) is 2.37. The van der Waals surface area contributed by atoms with Crippen molar-refractivity contribution in [2.45, 2.75) is 32.9 Å². The van der Waals surface area contributed by atoms with Gasteiger partial charge in [0.1, 0.15) is 0 Å². The van der Waals surface area contributed by atoms with E-state index in [0.717, 1.165) is 32.8 Å². The molecule has 0 fully saturated rings. The number of nitrogens with zero attached hydrogens (tertiary/aromatic N) is 1. The zero-order chi connectivity index (χ0) is 13.9. The van der Waals surface area contributed by atoms with Crippen molar-refractivity contribution in [3.63, 3.8) is 0 Å². The van der Waals surface area contributed by atoms with Crippen molar-refractivity contribution in [3.8, 4) is 0 Å². The molecule has 0 aromatic heterocycles. The minimum absolute atomic E-state index is 0.444. The van der Waals surface area contributed by atoms with Crippen LogP contribution in [0.15, 0.2) is 30.3 Å². The van der Waals surface area contributed by atoms with E-state index in [-0.39, 0.29) is 0 Å².